The van der Waals surface area contributed by atoms with E-state index in [1.165, 1.54) is 36.9 Å². The summed E-state index contributed by atoms with van der Waals surface area (Å²) in [5.74, 6) is -2.09. The number of esters is 1. The smallest absolute Gasteiger partial charge is 0.310 e. The predicted octanol–water partition coefficient (Wildman–Crippen LogP) is 1.20. The van der Waals surface area contributed by atoms with Crippen molar-refractivity contribution in [1.29, 1.82) is 0 Å². The van der Waals surface area contributed by atoms with Crippen LogP contribution in [0.3, 0.4) is 0 Å². The van der Waals surface area contributed by atoms with E-state index in [9.17, 15) is 24.0 Å². The third kappa shape index (κ3) is 6.49. The van der Waals surface area contributed by atoms with Crippen molar-refractivity contribution in [2.24, 2.45) is 0 Å². The van der Waals surface area contributed by atoms with Crippen molar-refractivity contribution >= 4 is 46.9 Å². The van der Waals surface area contributed by atoms with Crippen molar-refractivity contribution in [2.45, 2.75) is 64.4 Å². The predicted molar refractivity (Wildman–Crippen MR) is 125 cm³/mol. The van der Waals surface area contributed by atoms with Crippen LogP contribution in [0, 0.1) is 0 Å². The van der Waals surface area contributed by atoms with Gasteiger partial charge < -0.3 is 30.3 Å². The lowest BCUT2D eigenvalue weighted by atomic mass is 10.1. The molecule has 0 saturated carbocycles. The summed E-state index contributed by atoms with van der Waals surface area (Å²) in [7, 11) is 0. The third-order valence-electron chi connectivity index (χ3n) is 5.72. The number of hydrogen-bond donors (Lipinski definition) is 3. The number of amides is 4. The standard InChI is InChI=1S/C23H29ClN4O7/c1-4-34-23-17(11-19(30)35-23)27-21(32)18-6-5-9-28(18)22(33)12(2)25-20(31)14-7-8-16(15(24)10-14)26-13(3)29/h7-8,10,12,17-18,23H,4-6,9,11H2,1-3H3,(H,25,31)(H,26,29)(H,27,32)/t12-,17?,18-,23+/m0/s1. The number of rotatable bonds is 8. The van der Waals surface area contributed by atoms with Gasteiger partial charge in [0.15, 0.2) is 0 Å². The lowest BCUT2D eigenvalue weighted by Crippen LogP contribution is -2.54. The first kappa shape index (κ1) is 26.4. The van der Waals surface area contributed by atoms with E-state index in [-0.39, 0.29) is 22.9 Å². The molecule has 4 atom stereocenters. The van der Waals surface area contributed by atoms with Crippen molar-refractivity contribution in [3.8, 4) is 0 Å². The number of nitrogens with one attached hydrogen (secondary N) is 3. The van der Waals surface area contributed by atoms with E-state index in [2.05, 4.69) is 16.0 Å². The fourth-order valence-corrected chi connectivity index (χ4v) is 4.32. The summed E-state index contributed by atoms with van der Waals surface area (Å²) in [6, 6.07) is 2.11. The van der Waals surface area contributed by atoms with Crippen LogP contribution in [0.2, 0.25) is 5.02 Å². The number of nitrogens with zero attached hydrogens (tertiary/aromatic N) is 1. The zero-order valence-electron chi connectivity index (χ0n) is 19.8. The molecule has 4 amide bonds. The Labute approximate surface area is 207 Å². The Bertz CT molecular complexity index is 1020. The lowest BCUT2D eigenvalue weighted by molar-refractivity contribution is -0.164. The summed E-state index contributed by atoms with van der Waals surface area (Å²) in [6.45, 7) is 5.31. The molecule has 190 valence electrons. The molecule has 0 spiro atoms. The van der Waals surface area contributed by atoms with E-state index in [1.807, 2.05) is 0 Å². The summed E-state index contributed by atoms with van der Waals surface area (Å²) in [6.07, 6.45) is 0.218. The van der Waals surface area contributed by atoms with Gasteiger partial charge in [-0.3, -0.25) is 24.0 Å². The van der Waals surface area contributed by atoms with Crippen LogP contribution < -0.4 is 16.0 Å². The molecule has 2 saturated heterocycles. The van der Waals surface area contributed by atoms with Gasteiger partial charge in [0, 0.05) is 25.6 Å². The molecule has 1 aromatic rings. The number of carbonyl (C=O) groups is 5. The van der Waals surface area contributed by atoms with Crippen molar-refractivity contribution < 1.29 is 33.4 Å². The van der Waals surface area contributed by atoms with Crippen molar-refractivity contribution in [3.63, 3.8) is 0 Å². The second-order valence-electron chi connectivity index (χ2n) is 8.39. The fourth-order valence-electron chi connectivity index (χ4n) is 4.09. The average Bonchev–Trinajstić information content (AvgIpc) is 3.41. The summed E-state index contributed by atoms with van der Waals surface area (Å²) in [5.41, 5.74) is 0.582. The van der Waals surface area contributed by atoms with Gasteiger partial charge in [0.05, 0.1) is 17.1 Å². The maximum absolute atomic E-state index is 13.1. The topological polar surface area (TPSA) is 143 Å². The fraction of sp³-hybridized carbons (Fsp3) is 0.522. The molecule has 12 heteroatoms. The number of benzene rings is 1. The Kier molecular flexibility index (Phi) is 8.68. The minimum Gasteiger partial charge on any atom is -0.433 e. The van der Waals surface area contributed by atoms with Crippen LogP contribution in [-0.2, 0) is 28.7 Å². The van der Waals surface area contributed by atoms with Crippen LogP contribution in [0.25, 0.3) is 0 Å². The quantitative estimate of drug-likeness (QED) is 0.448. The molecule has 2 aliphatic rings. The van der Waals surface area contributed by atoms with Gasteiger partial charge in [-0.05, 0) is 44.9 Å². The maximum Gasteiger partial charge on any atom is 0.310 e. The Morgan fingerprint density at radius 2 is 2.03 bits per heavy atom. The van der Waals surface area contributed by atoms with Gasteiger partial charge in [-0.25, -0.2) is 0 Å². The molecule has 2 fully saturated rings. The van der Waals surface area contributed by atoms with Gasteiger partial charge in [-0.2, -0.15) is 0 Å². The molecular weight excluding hydrogens is 480 g/mol. The van der Waals surface area contributed by atoms with Gasteiger partial charge in [0.1, 0.15) is 18.1 Å². The second-order valence-corrected chi connectivity index (χ2v) is 8.80. The molecule has 3 N–H and O–H groups in total. The second kappa shape index (κ2) is 11.5. The molecule has 2 heterocycles. The highest BCUT2D eigenvalue weighted by molar-refractivity contribution is 6.34. The SMILES string of the molecule is CCO[C@@H]1OC(=O)CC1NC(=O)[C@@H]1CCCN1C(=O)[C@H](C)NC(=O)c1ccc(NC(C)=O)c(Cl)c1. The number of cyclic esters (lactones) is 1. The van der Waals surface area contributed by atoms with Crippen molar-refractivity contribution in [3.05, 3.63) is 28.8 Å². The summed E-state index contributed by atoms with van der Waals surface area (Å²) in [4.78, 5) is 62.9. The molecule has 0 radical (unpaired) electrons. The molecule has 0 aromatic heterocycles. The monoisotopic (exact) mass is 508 g/mol. The van der Waals surface area contributed by atoms with Crippen LogP contribution in [0.4, 0.5) is 5.69 Å². The van der Waals surface area contributed by atoms with E-state index in [0.717, 1.165) is 0 Å². The minimum atomic E-state index is -0.905. The number of likely N-dealkylation sites (tertiary alicyclic amines) is 1. The van der Waals surface area contributed by atoms with Crippen LogP contribution >= 0.6 is 11.6 Å². The largest absolute Gasteiger partial charge is 0.433 e. The van der Waals surface area contributed by atoms with Gasteiger partial charge in [0.25, 0.3) is 5.91 Å². The van der Waals surface area contributed by atoms with Gasteiger partial charge in [-0.15, -0.1) is 0 Å². The molecule has 3 rings (SSSR count). The Morgan fingerprint density at radius 1 is 1.29 bits per heavy atom. The Hall–Kier alpha value is -3.18. The van der Waals surface area contributed by atoms with Crippen LogP contribution in [-0.4, -0.2) is 72.1 Å². The molecule has 0 bridgehead atoms. The number of ether oxygens (including phenoxy) is 2. The number of carbonyl (C=O) groups excluding carboxylic acids is 5. The minimum absolute atomic E-state index is 0.00712. The van der Waals surface area contributed by atoms with Crippen LogP contribution in [0.15, 0.2) is 18.2 Å². The van der Waals surface area contributed by atoms with Crippen LogP contribution in [0.5, 0.6) is 0 Å². The maximum atomic E-state index is 13.1. The molecule has 1 unspecified atom stereocenters. The summed E-state index contributed by atoms with van der Waals surface area (Å²) < 4.78 is 10.4. The normalized spacial score (nSPS) is 22.3. The molecule has 11 nitrogen and oxygen atoms in total. The Balaban J connectivity index is 1.61. The molecule has 1 aromatic carbocycles. The molecule has 0 aliphatic carbocycles. The van der Waals surface area contributed by atoms with E-state index in [1.54, 1.807) is 6.92 Å². The van der Waals surface area contributed by atoms with Crippen molar-refractivity contribution in [1.82, 2.24) is 15.5 Å². The third-order valence-corrected chi connectivity index (χ3v) is 6.03. The number of halogens is 1. The summed E-state index contributed by atoms with van der Waals surface area (Å²) >= 11 is 6.13. The van der Waals surface area contributed by atoms with E-state index < -0.39 is 48.1 Å². The van der Waals surface area contributed by atoms with E-state index >= 15 is 0 Å². The highest BCUT2D eigenvalue weighted by Crippen LogP contribution is 2.24. The first-order valence-electron chi connectivity index (χ1n) is 11.4. The van der Waals surface area contributed by atoms with Gasteiger partial charge in [-0.1, -0.05) is 11.6 Å². The molecular formula is C23H29ClN4O7. The Morgan fingerprint density at radius 3 is 2.69 bits per heavy atom. The highest BCUT2D eigenvalue weighted by Gasteiger charge is 2.41. The van der Waals surface area contributed by atoms with Gasteiger partial charge >= 0.3 is 5.97 Å². The van der Waals surface area contributed by atoms with Crippen molar-refractivity contribution in [2.75, 3.05) is 18.5 Å². The zero-order chi connectivity index (χ0) is 25.7. The lowest BCUT2D eigenvalue weighted by Gasteiger charge is -2.28. The van der Waals surface area contributed by atoms with E-state index in [0.29, 0.717) is 31.7 Å². The zero-order valence-corrected chi connectivity index (χ0v) is 20.5. The van der Waals surface area contributed by atoms with Gasteiger partial charge in [0.2, 0.25) is 24.0 Å². The summed E-state index contributed by atoms with van der Waals surface area (Å²) in [5, 5.41) is 8.13. The number of anilines is 1. The first-order chi connectivity index (χ1) is 16.6. The number of hydrogen-bond acceptors (Lipinski definition) is 7. The molecule has 35 heavy (non-hydrogen) atoms. The average molecular weight is 509 g/mol. The highest BCUT2D eigenvalue weighted by atomic mass is 35.5. The molecule has 2 aliphatic heterocycles. The first-order valence-corrected chi connectivity index (χ1v) is 11.8. The van der Waals surface area contributed by atoms with Crippen LogP contribution in [0.1, 0.15) is 50.4 Å². The van der Waals surface area contributed by atoms with E-state index in [4.69, 9.17) is 21.1 Å².